The molecule has 1 saturated heterocycles. The van der Waals surface area contributed by atoms with Gasteiger partial charge in [0.2, 0.25) is 11.8 Å². The molecule has 0 unspecified atom stereocenters. The average Bonchev–Trinajstić information content (AvgIpc) is 3.38. The van der Waals surface area contributed by atoms with E-state index in [9.17, 15) is 19.5 Å². The Morgan fingerprint density at radius 1 is 1.26 bits per heavy atom. The Kier molecular flexibility index (Phi) is 6.32. The molecule has 2 N–H and O–H groups in total. The number of aromatic nitrogens is 1. The minimum Gasteiger partial charge on any atom is -0.396 e. The van der Waals surface area contributed by atoms with E-state index in [0.717, 1.165) is 32.1 Å². The smallest absolute Gasteiger partial charge is 0.258 e. The summed E-state index contributed by atoms with van der Waals surface area (Å²) in [5, 5.41) is 13.3. The Bertz CT molecular complexity index is 931. The van der Waals surface area contributed by atoms with E-state index in [1.165, 1.54) is 0 Å². The van der Waals surface area contributed by atoms with Gasteiger partial charge >= 0.3 is 0 Å². The molecule has 7 heteroatoms. The first-order valence-corrected chi connectivity index (χ1v) is 11.6. The van der Waals surface area contributed by atoms with Crippen molar-refractivity contribution in [3.05, 3.63) is 39.8 Å². The van der Waals surface area contributed by atoms with Crippen LogP contribution in [0.15, 0.2) is 23.0 Å². The van der Waals surface area contributed by atoms with Gasteiger partial charge in [-0.1, -0.05) is 31.9 Å². The second kappa shape index (κ2) is 8.99. The number of pyridine rings is 1. The Morgan fingerprint density at radius 2 is 2.00 bits per heavy atom. The highest BCUT2D eigenvalue weighted by molar-refractivity contribution is 5.85. The zero-order valence-corrected chi connectivity index (χ0v) is 18.4. The molecule has 4 rings (SSSR count). The third-order valence-corrected chi connectivity index (χ3v) is 7.23. The summed E-state index contributed by atoms with van der Waals surface area (Å²) in [6.45, 7) is 4.53. The molecule has 3 aliphatic rings. The Hall–Kier alpha value is -2.41. The number of nitrogens with one attached hydrogen (secondary N) is 1. The van der Waals surface area contributed by atoms with Crippen LogP contribution in [0.25, 0.3) is 6.08 Å². The number of rotatable bonds is 6. The van der Waals surface area contributed by atoms with Gasteiger partial charge in [-0.15, -0.1) is 0 Å². The van der Waals surface area contributed by atoms with Crippen LogP contribution in [0.1, 0.15) is 63.3 Å². The lowest BCUT2D eigenvalue weighted by Gasteiger charge is -2.39. The molecule has 3 heterocycles. The van der Waals surface area contributed by atoms with Crippen molar-refractivity contribution in [1.82, 2.24) is 14.8 Å². The number of hydrogen-bond donors (Lipinski definition) is 2. The van der Waals surface area contributed by atoms with Gasteiger partial charge in [-0.25, -0.2) is 0 Å². The molecule has 4 atom stereocenters. The fourth-order valence-corrected chi connectivity index (χ4v) is 5.78. The minimum atomic E-state index is -0.562. The molecule has 1 saturated carbocycles. The number of aliphatic hydroxyl groups excluding tert-OH is 1. The maximum absolute atomic E-state index is 13.6. The molecule has 2 bridgehead atoms. The third-order valence-electron chi connectivity index (χ3n) is 7.23. The summed E-state index contributed by atoms with van der Waals surface area (Å²) in [7, 11) is 0. The highest BCUT2D eigenvalue weighted by atomic mass is 16.3. The van der Waals surface area contributed by atoms with Crippen LogP contribution < -0.4 is 10.9 Å². The van der Waals surface area contributed by atoms with Gasteiger partial charge in [0.05, 0.1) is 18.0 Å². The quantitative estimate of drug-likeness (QED) is 0.727. The molecular weight excluding hydrogens is 394 g/mol. The lowest BCUT2D eigenvalue weighted by Crippen LogP contribution is -2.50. The molecular formula is C24H33N3O4. The Balaban J connectivity index is 1.82. The molecule has 1 aromatic rings. The lowest BCUT2D eigenvalue weighted by atomic mass is 9.86. The molecule has 7 nitrogen and oxygen atoms in total. The Morgan fingerprint density at radius 3 is 2.65 bits per heavy atom. The Labute approximate surface area is 183 Å². The van der Waals surface area contributed by atoms with Crippen LogP contribution in [0.3, 0.4) is 0 Å². The zero-order chi connectivity index (χ0) is 22.1. The van der Waals surface area contributed by atoms with Crippen molar-refractivity contribution in [2.24, 2.45) is 17.8 Å². The third kappa shape index (κ3) is 3.63. The number of hydrogen-bond acceptors (Lipinski definition) is 4. The van der Waals surface area contributed by atoms with Crippen molar-refractivity contribution in [3.63, 3.8) is 0 Å². The number of nitrogens with zero attached hydrogens (tertiary/aromatic N) is 2. The number of aliphatic hydroxyl groups is 1. The summed E-state index contributed by atoms with van der Waals surface area (Å²) in [6.07, 6.45) is 8.26. The molecule has 2 fully saturated rings. The summed E-state index contributed by atoms with van der Waals surface area (Å²) in [5.74, 6) is -1.05. The monoisotopic (exact) mass is 427 g/mol. The van der Waals surface area contributed by atoms with Crippen molar-refractivity contribution in [2.45, 2.75) is 64.6 Å². The lowest BCUT2D eigenvalue weighted by molar-refractivity contribution is -0.141. The topological polar surface area (TPSA) is 91.6 Å². The number of allylic oxidation sites excluding steroid dienone is 1. The van der Waals surface area contributed by atoms with Gasteiger partial charge in [0.1, 0.15) is 0 Å². The summed E-state index contributed by atoms with van der Waals surface area (Å²) in [4.78, 5) is 41.8. The first-order chi connectivity index (χ1) is 15.0. The first kappa shape index (κ1) is 21.8. The van der Waals surface area contributed by atoms with E-state index in [4.69, 9.17) is 0 Å². The van der Waals surface area contributed by atoms with Crippen LogP contribution in [-0.4, -0.2) is 45.6 Å². The van der Waals surface area contributed by atoms with Crippen molar-refractivity contribution in [2.75, 3.05) is 13.2 Å². The summed E-state index contributed by atoms with van der Waals surface area (Å²) < 4.78 is 1.72. The van der Waals surface area contributed by atoms with Crippen molar-refractivity contribution >= 4 is 17.9 Å². The highest BCUT2D eigenvalue weighted by Crippen LogP contribution is 2.49. The van der Waals surface area contributed by atoms with E-state index in [1.54, 1.807) is 16.7 Å². The van der Waals surface area contributed by atoms with Crippen LogP contribution >= 0.6 is 0 Å². The van der Waals surface area contributed by atoms with Crippen molar-refractivity contribution < 1.29 is 14.7 Å². The first-order valence-electron chi connectivity index (χ1n) is 11.6. The largest absolute Gasteiger partial charge is 0.396 e. The van der Waals surface area contributed by atoms with E-state index in [1.807, 2.05) is 30.9 Å². The normalized spacial score (nSPS) is 27.6. The molecule has 31 heavy (non-hydrogen) atoms. The number of fused-ring (bicyclic) bond motifs is 4. The maximum Gasteiger partial charge on any atom is 0.258 e. The predicted molar refractivity (Wildman–Crippen MR) is 118 cm³/mol. The van der Waals surface area contributed by atoms with E-state index in [-0.39, 0.29) is 35.9 Å². The predicted octanol–water partition coefficient (Wildman–Crippen LogP) is 2.09. The molecule has 168 valence electrons. The molecule has 0 spiro atoms. The van der Waals surface area contributed by atoms with E-state index < -0.39 is 17.9 Å². The second-order valence-electron chi connectivity index (χ2n) is 9.03. The van der Waals surface area contributed by atoms with Crippen molar-refractivity contribution in [3.8, 4) is 0 Å². The molecule has 1 aromatic heterocycles. The second-order valence-corrected chi connectivity index (χ2v) is 9.03. The zero-order valence-electron chi connectivity index (χ0n) is 18.4. The molecule has 2 amide bonds. The van der Waals surface area contributed by atoms with E-state index in [2.05, 4.69) is 5.32 Å². The van der Waals surface area contributed by atoms with Gasteiger partial charge in [0.25, 0.3) is 5.56 Å². The van der Waals surface area contributed by atoms with Gasteiger partial charge in [0, 0.05) is 42.8 Å². The highest BCUT2D eigenvalue weighted by Gasteiger charge is 2.58. The van der Waals surface area contributed by atoms with Crippen LogP contribution in [0.5, 0.6) is 0 Å². The van der Waals surface area contributed by atoms with Crippen LogP contribution in [0.2, 0.25) is 0 Å². The van der Waals surface area contributed by atoms with E-state index >= 15 is 0 Å². The standard InChI is InChI=1S/C24H33N3O4/c1-3-7-15-10-11-18-21-20(22(29)25-12-4-2)17(14-28)19(13-26(18)23(15)30)27(21)24(31)16-8-5-6-9-16/h3,7,10-11,16-17,19-21,28H,4-6,8-9,12-14H2,1-2H3,(H,25,29)/b7-3-/t17-,19-,20+,21+/m0/s1. The van der Waals surface area contributed by atoms with Crippen LogP contribution in [0, 0.1) is 17.8 Å². The molecule has 1 aliphatic carbocycles. The summed E-state index contributed by atoms with van der Waals surface area (Å²) >= 11 is 0. The number of carbonyl (C=O) groups excluding carboxylic acids is 2. The van der Waals surface area contributed by atoms with Gasteiger partial charge in [-0.05, 0) is 38.3 Å². The van der Waals surface area contributed by atoms with Crippen LogP contribution in [0.4, 0.5) is 0 Å². The van der Waals surface area contributed by atoms with Gasteiger partial charge in [-0.2, -0.15) is 0 Å². The fraction of sp³-hybridized carbons (Fsp3) is 0.625. The summed E-state index contributed by atoms with van der Waals surface area (Å²) in [6, 6.07) is 2.78. The average molecular weight is 428 g/mol. The maximum atomic E-state index is 13.6. The number of carbonyl (C=O) groups is 2. The van der Waals surface area contributed by atoms with Crippen molar-refractivity contribution in [1.29, 1.82) is 0 Å². The van der Waals surface area contributed by atoms with Crippen LogP contribution in [-0.2, 0) is 16.1 Å². The fourth-order valence-electron chi connectivity index (χ4n) is 5.78. The van der Waals surface area contributed by atoms with E-state index in [0.29, 0.717) is 24.3 Å². The number of amides is 2. The SMILES string of the molecule is C/C=C\c1ccc2n(c1=O)C[C@H]1[C@H](CO)[C@@H](C(=O)NCCC)[C@@H]2N1C(=O)C1CCCC1. The molecule has 0 radical (unpaired) electrons. The summed E-state index contributed by atoms with van der Waals surface area (Å²) in [5.41, 5.74) is 1.19. The minimum absolute atomic E-state index is 0.0256. The molecule has 0 aromatic carbocycles. The van der Waals surface area contributed by atoms with Gasteiger partial charge in [-0.3, -0.25) is 14.4 Å². The van der Waals surface area contributed by atoms with Gasteiger partial charge < -0.3 is 19.9 Å². The molecule has 2 aliphatic heterocycles. The van der Waals surface area contributed by atoms with Gasteiger partial charge in [0.15, 0.2) is 0 Å².